The molecule has 0 radical (unpaired) electrons. The van der Waals surface area contributed by atoms with Gasteiger partial charge in [-0.05, 0) is 104 Å². The third-order valence-corrected chi connectivity index (χ3v) is 13.8. The maximum atomic E-state index is 14.5. The number of fused-ring (bicyclic) bond motifs is 7. The van der Waals surface area contributed by atoms with Gasteiger partial charge in [0.05, 0.1) is 18.3 Å². The van der Waals surface area contributed by atoms with E-state index in [9.17, 15) is 24.3 Å². The molecule has 0 bridgehead atoms. The molecule has 9 atom stereocenters. The number of carboxylic acids is 2. The minimum atomic E-state index is -1.01. The molecular weight excluding hydrogens is 544 g/mol. The summed E-state index contributed by atoms with van der Waals surface area (Å²) in [4.78, 5) is 50.3. The number of aliphatic carboxylic acids is 2. The summed E-state index contributed by atoms with van der Waals surface area (Å²) in [5.41, 5.74) is -0.553. The molecule has 0 aromatic heterocycles. The average Bonchev–Trinajstić information content (AvgIpc) is 2.92. The van der Waals surface area contributed by atoms with E-state index in [0.29, 0.717) is 19.3 Å². The number of allylic oxidation sites excluding steroid dienone is 2. The van der Waals surface area contributed by atoms with Crippen LogP contribution in [0, 0.1) is 63.1 Å². The van der Waals surface area contributed by atoms with Gasteiger partial charge in [0, 0.05) is 11.3 Å². The van der Waals surface area contributed by atoms with E-state index >= 15 is 0 Å². The van der Waals surface area contributed by atoms with E-state index in [4.69, 9.17) is 9.84 Å². The number of carbonyl (C=O) groups is 4. The van der Waals surface area contributed by atoms with Crippen molar-refractivity contribution < 1.29 is 34.1 Å². The number of carboxylic acid groups (broad SMARTS) is 2. The van der Waals surface area contributed by atoms with Crippen molar-refractivity contribution in [3.63, 3.8) is 0 Å². The number of carbonyl (C=O) groups excluding carboxylic acids is 2. The topological polar surface area (TPSA) is 118 Å². The second-order valence-electron chi connectivity index (χ2n) is 16.3. The molecule has 0 spiro atoms. The first-order valence-electron chi connectivity index (χ1n) is 16.1. The van der Waals surface area contributed by atoms with Gasteiger partial charge in [0.25, 0.3) is 0 Å². The molecule has 0 amide bonds. The SMILES string of the molecule is C#C.CC12CC[C@](C)(C(=O)O)CC1C1=CC(=O)C3C4(C)CCC(OC(=O)CCC(=O)O)C(C)(C)C4CCC3(C)[C@]1(C)CC2. The first-order chi connectivity index (χ1) is 19.8. The Balaban J connectivity index is 0.00000207. The molecule has 0 aliphatic heterocycles. The van der Waals surface area contributed by atoms with Crippen LogP contribution in [0.1, 0.15) is 119 Å². The lowest BCUT2D eigenvalue weighted by atomic mass is 9.33. The van der Waals surface area contributed by atoms with E-state index in [1.807, 2.05) is 13.0 Å². The molecule has 7 heteroatoms. The minimum Gasteiger partial charge on any atom is -0.481 e. The van der Waals surface area contributed by atoms with Crippen LogP contribution in [0.3, 0.4) is 0 Å². The molecular formula is C36H52O7. The number of esters is 1. The molecule has 2 N–H and O–H groups in total. The summed E-state index contributed by atoms with van der Waals surface area (Å²) in [7, 11) is 0. The number of rotatable bonds is 5. The summed E-state index contributed by atoms with van der Waals surface area (Å²) in [5.74, 6) is -1.87. The smallest absolute Gasteiger partial charge is 0.309 e. The van der Waals surface area contributed by atoms with Crippen molar-refractivity contribution >= 4 is 23.7 Å². The zero-order valence-electron chi connectivity index (χ0n) is 27.3. The molecule has 43 heavy (non-hydrogen) atoms. The van der Waals surface area contributed by atoms with Crippen molar-refractivity contribution in [1.82, 2.24) is 0 Å². The van der Waals surface area contributed by atoms with Crippen LogP contribution in [0.5, 0.6) is 0 Å². The second-order valence-corrected chi connectivity index (χ2v) is 16.3. The normalized spacial score (nSPS) is 44.5. The fraction of sp³-hybridized carbons (Fsp3) is 0.778. The lowest BCUT2D eigenvalue weighted by molar-refractivity contribution is -0.211. The molecule has 0 heterocycles. The van der Waals surface area contributed by atoms with Crippen molar-refractivity contribution in [2.24, 2.45) is 50.2 Å². The fourth-order valence-corrected chi connectivity index (χ4v) is 11.0. The summed E-state index contributed by atoms with van der Waals surface area (Å²) in [5, 5.41) is 19.1. The van der Waals surface area contributed by atoms with Crippen LogP contribution in [0.25, 0.3) is 0 Å². The van der Waals surface area contributed by atoms with Crippen LogP contribution >= 0.6 is 0 Å². The highest BCUT2D eigenvalue weighted by atomic mass is 16.5. The Hall–Kier alpha value is -2.62. The van der Waals surface area contributed by atoms with Crippen molar-refractivity contribution in [1.29, 1.82) is 0 Å². The highest BCUT2D eigenvalue weighted by Crippen LogP contribution is 2.75. The van der Waals surface area contributed by atoms with Crippen LogP contribution in [0.2, 0.25) is 0 Å². The number of ketones is 1. The lowest BCUT2D eigenvalue weighted by Crippen LogP contribution is -2.66. The standard InChI is InChI=1S/C34H50O7.C2H2/c1-29(2)23-10-13-34(7)27(32(23,5)12-11-24(29)41-26(38)9-8-25(36)37)22(35)18-20-21-19-31(4,28(39)40)15-14-30(21,3)16-17-33(20,34)6;1-2/h18,21,23-24,27H,8-17,19H2,1-7H3,(H,36,37)(H,39,40);1-2H/t21?,23?,24?,27?,30?,31-,32?,33+,34?;/m0./s1. The van der Waals surface area contributed by atoms with E-state index in [-0.39, 0.29) is 69.6 Å². The van der Waals surface area contributed by atoms with E-state index in [2.05, 4.69) is 54.4 Å². The number of ether oxygens (including phenoxy) is 1. The van der Waals surface area contributed by atoms with Crippen LogP contribution in [-0.4, -0.2) is 40.0 Å². The van der Waals surface area contributed by atoms with Crippen molar-refractivity contribution in [2.75, 3.05) is 0 Å². The van der Waals surface area contributed by atoms with Gasteiger partial charge >= 0.3 is 17.9 Å². The Bertz CT molecular complexity index is 1250. The van der Waals surface area contributed by atoms with Gasteiger partial charge < -0.3 is 14.9 Å². The first kappa shape index (κ1) is 33.3. The van der Waals surface area contributed by atoms with Gasteiger partial charge in [-0.25, -0.2) is 0 Å². The Morgan fingerprint density at radius 2 is 1.51 bits per heavy atom. The fourth-order valence-electron chi connectivity index (χ4n) is 11.0. The minimum absolute atomic E-state index is 0.0233. The third-order valence-electron chi connectivity index (χ3n) is 13.8. The summed E-state index contributed by atoms with van der Waals surface area (Å²) in [6, 6.07) is 0. The molecule has 7 unspecified atom stereocenters. The molecule has 5 rings (SSSR count). The van der Waals surface area contributed by atoms with Gasteiger partial charge in [-0.3, -0.25) is 19.2 Å². The van der Waals surface area contributed by atoms with E-state index in [1.165, 1.54) is 5.57 Å². The Labute approximate surface area is 257 Å². The average molecular weight is 597 g/mol. The Kier molecular flexibility index (Phi) is 8.34. The summed E-state index contributed by atoms with van der Waals surface area (Å²) >= 11 is 0. The summed E-state index contributed by atoms with van der Waals surface area (Å²) < 4.78 is 5.91. The van der Waals surface area contributed by atoms with Gasteiger partial charge in [-0.2, -0.15) is 0 Å². The summed E-state index contributed by atoms with van der Waals surface area (Å²) in [6.45, 7) is 15.5. The summed E-state index contributed by atoms with van der Waals surface area (Å²) in [6.07, 6.45) is 16.8. The highest BCUT2D eigenvalue weighted by Gasteiger charge is 2.70. The zero-order valence-corrected chi connectivity index (χ0v) is 27.3. The monoisotopic (exact) mass is 596 g/mol. The number of terminal acetylenes is 1. The predicted molar refractivity (Wildman–Crippen MR) is 164 cm³/mol. The maximum absolute atomic E-state index is 14.5. The van der Waals surface area contributed by atoms with Gasteiger partial charge in [-0.15, -0.1) is 12.8 Å². The van der Waals surface area contributed by atoms with Crippen LogP contribution in [0.15, 0.2) is 11.6 Å². The van der Waals surface area contributed by atoms with E-state index in [1.54, 1.807) is 0 Å². The van der Waals surface area contributed by atoms with Crippen LogP contribution in [0.4, 0.5) is 0 Å². The van der Waals surface area contributed by atoms with Crippen molar-refractivity contribution in [3.8, 4) is 12.8 Å². The maximum Gasteiger partial charge on any atom is 0.309 e. The molecule has 0 aromatic rings. The molecule has 5 aliphatic carbocycles. The Morgan fingerprint density at radius 1 is 0.884 bits per heavy atom. The van der Waals surface area contributed by atoms with Crippen LogP contribution < -0.4 is 0 Å². The van der Waals surface area contributed by atoms with Crippen molar-refractivity contribution in [2.45, 2.75) is 125 Å². The van der Waals surface area contributed by atoms with Gasteiger partial charge in [0.2, 0.25) is 0 Å². The van der Waals surface area contributed by atoms with Crippen LogP contribution in [-0.2, 0) is 23.9 Å². The van der Waals surface area contributed by atoms with Crippen molar-refractivity contribution in [3.05, 3.63) is 11.6 Å². The van der Waals surface area contributed by atoms with Gasteiger partial charge in [0.1, 0.15) is 6.10 Å². The molecule has 7 nitrogen and oxygen atoms in total. The number of hydrogen-bond donors (Lipinski definition) is 2. The molecule has 4 fully saturated rings. The molecule has 5 aliphatic rings. The van der Waals surface area contributed by atoms with E-state index < -0.39 is 23.3 Å². The quantitative estimate of drug-likeness (QED) is 0.257. The lowest BCUT2D eigenvalue weighted by Gasteiger charge is -2.70. The second kappa shape index (κ2) is 10.8. The Morgan fingerprint density at radius 3 is 2.12 bits per heavy atom. The first-order valence-corrected chi connectivity index (χ1v) is 16.1. The molecule has 0 aromatic carbocycles. The molecule has 0 saturated heterocycles. The van der Waals surface area contributed by atoms with Gasteiger partial charge in [-0.1, -0.05) is 47.1 Å². The van der Waals surface area contributed by atoms with E-state index in [0.717, 1.165) is 38.5 Å². The van der Waals surface area contributed by atoms with Gasteiger partial charge in [0.15, 0.2) is 5.78 Å². The number of hydrogen-bond acceptors (Lipinski definition) is 5. The highest BCUT2D eigenvalue weighted by molar-refractivity contribution is 5.95. The predicted octanol–water partition coefficient (Wildman–Crippen LogP) is 7.08. The molecule has 4 saturated carbocycles. The third kappa shape index (κ3) is 4.86. The zero-order chi connectivity index (χ0) is 32.4. The largest absolute Gasteiger partial charge is 0.481 e. The molecule has 238 valence electrons.